The lowest BCUT2D eigenvalue weighted by molar-refractivity contribution is 0.0971. The average molecular weight is 381 g/mol. The summed E-state index contributed by atoms with van der Waals surface area (Å²) in [6.45, 7) is 0. The minimum absolute atomic E-state index is 0.0445. The number of nitriles is 1. The number of methoxy groups -OCH3 is 1. The maximum Gasteiger partial charge on any atom is 0.191 e. The highest BCUT2D eigenvalue weighted by molar-refractivity contribution is 6.11. The highest BCUT2D eigenvalue weighted by Crippen LogP contribution is 2.30. The van der Waals surface area contributed by atoms with E-state index >= 15 is 0 Å². The maximum atomic E-state index is 13.5. The minimum atomic E-state index is -0.590. The Morgan fingerprint density at radius 3 is 2.59 bits per heavy atom. The van der Waals surface area contributed by atoms with E-state index in [1.54, 1.807) is 24.4 Å². The van der Waals surface area contributed by atoms with E-state index in [2.05, 4.69) is 16.4 Å². The number of aromatic nitrogens is 1. The molecule has 4 aromatic rings. The summed E-state index contributed by atoms with van der Waals surface area (Å²) in [5.41, 5.74) is 3.54. The standard InChI is InChI=1S/C24H19N3O2/c1-29-22-13-18(12-11-17(22)14-25)27-23(16-7-3-2-4-8-16)24(28)20-15-26-21-10-6-5-9-19(20)21/h2-13,15,23,26-27H,1H3. The van der Waals surface area contributed by atoms with Gasteiger partial charge in [0, 0.05) is 34.4 Å². The number of nitrogens with zero attached hydrogens (tertiary/aromatic N) is 1. The van der Waals surface area contributed by atoms with Crippen molar-refractivity contribution >= 4 is 22.4 Å². The molecule has 2 N–H and O–H groups in total. The number of hydrogen-bond donors (Lipinski definition) is 2. The number of ketones is 1. The van der Waals surface area contributed by atoms with Crippen LogP contribution in [0.5, 0.6) is 5.75 Å². The van der Waals surface area contributed by atoms with E-state index in [1.807, 2.05) is 54.6 Å². The van der Waals surface area contributed by atoms with Gasteiger partial charge in [-0.05, 0) is 23.8 Å². The Kier molecular flexibility index (Phi) is 5.00. The number of ether oxygens (including phenoxy) is 1. The van der Waals surface area contributed by atoms with Crippen molar-refractivity contribution in [1.82, 2.24) is 4.98 Å². The number of benzene rings is 3. The number of fused-ring (bicyclic) bond motifs is 1. The molecule has 0 fully saturated rings. The Morgan fingerprint density at radius 1 is 1.07 bits per heavy atom. The van der Waals surface area contributed by atoms with Crippen molar-refractivity contribution in [1.29, 1.82) is 5.26 Å². The summed E-state index contributed by atoms with van der Waals surface area (Å²) in [7, 11) is 1.52. The molecule has 1 heterocycles. The molecule has 0 radical (unpaired) electrons. The van der Waals surface area contributed by atoms with Gasteiger partial charge in [0.15, 0.2) is 5.78 Å². The molecular formula is C24H19N3O2. The van der Waals surface area contributed by atoms with Crippen LogP contribution in [0.3, 0.4) is 0 Å². The van der Waals surface area contributed by atoms with Gasteiger partial charge < -0.3 is 15.0 Å². The summed E-state index contributed by atoms with van der Waals surface area (Å²) in [6.07, 6.45) is 1.75. The summed E-state index contributed by atoms with van der Waals surface area (Å²) in [5, 5.41) is 13.4. The van der Waals surface area contributed by atoms with Crippen LogP contribution in [0, 0.1) is 11.3 Å². The van der Waals surface area contributed by atoms with Crippen LogP contribution in [0.1, 0.15) is 27.5 Å². The van der Waals surface area contributed by atoms with Crippen LogP contribution < -0.4 is 10.1 Å². The van der Waals surface area contributed by atoms with E-state index < -0.39 is 6.04 Å². The quantitative estimate of drug-likeness (QED) is 0.456. The first-order valence-electron chi connectivity index (χ1n) is 9.21. The van der Waals surface area contributed by atoms with Gasteiger partial charge in [-0.1, -0.05) is 48.5 Å². The molecule has 1 unspecified atom stereocenters. The van der Waals surface area contributed by atoms with Gasteiger partial charge in [-0.3, -0.25) is 4.79 Å². The first-order chi connectivity index (χ1) is 14.2. The number of rotatable bonds is 6. The number of hydrogen-bond acceptors (Lipinski definition) is 4. The first-order valence-corrected chi connectivity index (χ1v) is 9.21. The van der Waals surface area contributed by atoms with Crippen LogP contribution in [0.25, 0.3) is 10.9 Å². The molecule has 0 aliphatic rings. The SMILES string of the molecule is COc1cc(NC(C(=O)c2c[nH]c3ccccc23)c2ccccc2)ccc1C#N. The van der Waals surface area contributed by atoms with Crippen LogP contribution in [0.2, 0.25) is 0 Å². The number of para-hydroxylation sites is 1. The summed E-state index contributed by atoms with van der Waals surface area (Å²) in [6, 6.07) is 24.0. The lowest BCUT2D eigenvalue weighted by Gasteiger charge is -2.20. The van der Waals surface area contributed by atoms with Gasteiger partial charge in [0.05, 0.1) is 12.7 Å². The number of aromatic amines is 1. The zero-order valence-corrected chi connectivity index (χ0v) is 15.8. The van der Waals surface area contributed by atoms with Crippen LogP contribution in [-0.2, 0) is 0 Å². The molecule has 1 atom stereocenters. The summed E-state index contributed by atoms with van der Waals surface area (Å²) >= 11 is 0. The highest BCUT2D eigenvalue weighted by atomic mass is 16.5. The molecule has 0 aliphatic heterocycles. The van der Waals surface area contributed by atoms with E-state index in [-0.39, 0.29) is 5.78 Å². The fraction of sp³-hybridized carbons (Fsp3) is 0.0833. The molecule has 0 bridgehead atoms. The summed E-state index contributed by atoms with van der Waals surface area (Å²) in [5.74, 6) is 0.417. The second-order valence-electron chi connectivity index (χ2n) is 6.63. The summed E-state index contributed by atoms with van der Waals surface area (Å²) in [4.78, 5) is 16.7. The normalized spacial score (nSPS) is 11.6. The Hall–Kier alpha value is -4.04. The molecule has 142 valence electrons. The largest absolute Gasteiger partial charge is 0.495 e. The van der Waals surface area contributed by atoms with Crippen LogP contribution in [0.4, 0.5) is 5.69 Å². The number of nitrogens with one attached hydrogen (secondary N) is 2. The zero-order chi connectivity index (χ0) is 20.2. The molecule has 0 spiro atoms. The molecule has 0 saturated carbocycles. The van der Waals surface area contributed by atoms with Crippen molar-refractivity contribution < 1.29 is 9.53 Å². The topological polar surface area (TPSA) is 77.9 Å². The Morgan fingerprint density at radius 2 is 1.83 bits per heavy atom. The number of carbonyl (C=O) groups is 1. The minimum Gasteiger partial charge on any atom is -0.495 e. The molecule has 5 heteroatoms. The van der Waals surface area contributed by atoms with Gasteiger partial charge in [-0.2, -0.15) is 5.26 Å². The maximum absolute atomic E-state index is 13.5. The molecule has 29 heavy (non-hydrogen) atoms. The number of carbonyl (C=O) groups excluding carboxylic acids is 1. The van der Waals surface area contributed by atoms with Crippen LogP contribution in [-0.4, -0.2) is 17.9 Å². The predicted octanol–water partition coefficient (Wildman–Crippen LogP) is 5.08. The van der Waals surface area contributed by atoms with Gasteiger partial charge in [-0.25, -0.2) is 0 Å². The average Bonchev–Trinajstić information content (AvgIpc) is 3.21. The lowest BCUT2D eigenvalue weighted by Crippen LogP contribution is -2.21. The first kappa shape index (κ1) is 18.3. The van der Waals surface area contributed by atoms with Crippen molar-refractivity contribution in [3.8, 4) is 11.8 Å². The fourth-order valence-electron chi connectivity index (χ4n) is 3.42. The molecule has 0 saturated heterocycles. The van der Waals surface area contributed by atoms with Crippen molar-refractivity contribution in [2.24, 2.45) is 0 Å². The van der Waals surface area contributed by atoms with E-state index in [0.717, 1.165) is 16.5 Å². The molecule has 5 nitrogen and oxygen atoms in total. The second-order valence-corrected chi connectivity index (χ2v) is 6.63. The monoisotopic (exact) mass is 381 g/mol. The summed E-state index contributed by atoms with van der Waals surface area (Å²) < 4.78 is 5.30. The van der Waals surface area contributed by atoms with Crippen molar-refractivity contribution in [3.05, 3.63) is 95.7 Å². The van der Waals surface area contributed by atoms with Gasteiger partial charge in [0.2, 0.25) is 0 Å². The van der Waals surface area contributed by atoms with Crippen molar-refractivity contribution in [3.63, 3.8) is 0 Å². The smallest absolute Gasteiger partial charge is 0.191 e. The van der Waals surface area contributed by atoms with E-state index in [4.69, 9.17) is 4.74 Å². The Bertz CT molecular complexity index is 1210. The number of H-pyrrole nitrogens is 1. The van der Waals surface area contributed by atoms with Gasteiger partial charge in [0.1, 0.15) is 17.9 Å². The third-order valence-electron chi connectivity index (χ3n) is 4.88. The Labute approximate surface area is 168 Å². The van der Waals surface area contributed by atoms with Crippen molar-refractivity contribution in [2.75, 3.05) is 12.4 Å². The van der Waals surface area contributed by atoms with Gasteiger partial charge in [0.25, 0.3) is 0 Å². The molecule has 1 aromatic heterocycles. The predicted molar refractivity (Wildman–Crippen MR) is 113 cm³/mol. The number of Topliss-reactive ketones (excluding diaryl/α,β-unsaturated/α-hetero) is 1. The Balaban J connectivity index is 1.75. The van der Waals surface area contributed by atoms with Gasteiger partial charge >= 0.3 is 0 Å². The second kappa shape index (κ2) is 7.91. The van der Waals surface area contributed by atoms with Crippen LogP contribution >= 0.6 is 0 Å². The van der Waals surface area contributed by atoms with E-state index in [0.29, 0.717) is 22.6 Å². The molecule has 4 rings (SSSR count). The van der Waals surface area contributed by atoms with Crippen LogP contribution in [0.15, 0.2) is 79.0 Å². The third kappa shape index (κ3) is 3.56. The van der Waals surface area contributed by atoms with Gasteiger partial charge in [-0.15, -0.1) is 0 Å². The zero-order valence-electron chi connectivity index (χ0n) is 15.8. The van der Waals surface area contributed by atoms with E-state index in [9.17, 15) is 10.1 Å². The fourth-order valence-corrected chi connectivity index (χ4v) is 3.42. The molecular weight excluding hydrogens is 362 g/mol. The number of anilines is 1. The molecule has 0 amide bonds. The third-order valence-corrected chi connectivity index (χ3v) is 4.88. The highest BCUT2D eigenvalue weighted by Gasteiger charge is 2.24. The molecule has 0 aliphatic carbocycles. The lowest BCUT2D eigenvalue weighted by atomic mass is 9.96. The van der Waals surface area contributed by atoms with E-state index in [1.165, 1.54) is 7.11 Å². The van der Waals surface area contributed by atoms with Crippen molar-refractivity contribution in [2.45, 2.75) is 6.04 Å². The molecule has 3 aromatic carbocycles.